The summed E-state index contributed by atoms with van der Waals surface area (Å²) >= 11 is 0. The van der Waals surface area contributed by atoms with Crippen LogP contribution in [-0.4, -0.2) is 19.3 Å². The van der Waals surface area contributed by atoms with Gasteiger partial charge in [0.15, 0.2) is 0 Å². The molecule has 0 fully saturated rings. The van der Waals surface area contributed by atoms with Crippen LogP contribution in [0.2, 0.25) is 0 Å². The quantitative estimate of drug-likeness (QED) is 0.868. The minimum atomic E-state index is 0.258. The van der Waals surface area contributed by atoms with Gasteiger partial charge < -0.3 is 15.2 Å². The highest BCUT2D eigenvalue weighted by Gasteiger charge is 2.21. The zero-order valence-corrected chi connectivity index (χ0v) is 10.4. The van der Waals surface area contributed by atoms with E-state index in [4.69, 9.17) is 15.2 Å². The molecule has 1 heterocycles. The highest BCUT2D eigenvalue weighted by atomic mass is 16.5. The Labute approximate surface area is 102 Å². The van der Waals surface area contributed by atoms with Gasteiger partial charge in [0.25, 0.3) is 0 Å². The van der Waals surface area contributed by atoms with Crippen LogP contribution in [0.25, 0.3) is 6.08 Å². The predicted molar refractivity (Wildman–Crippen MR) is 69.5 cm³/mol. The Morgan fingerprint density at radius 3 is 3.06 bits per heavy atom. The number of nitrogens with two attached hydrogens (primary N) is 1. The Morgan fingerprint density at radius 1 is 1.53 bits per heavy atom. The average molecular weight is 233 g/mol. The molecule has 0 saturated carbocycles. The topological polar surface area (TPSA) is 44.5 Å². The van der Waals surface area contributed by atoms with Gasteiger partial charge in [0.2, 0.25) is 0 Å². The molecule has 0 spiro atoms. The first-order valence-corrected chi connectivity index (χ1v) is 6.07. The number of hydrogen-bond donors (Lipinski definition) is 1. The van der Waals surface area contributed by atoms with Crippen LogP contribution < -0.4 is 15.2 Å². The number of ether oxygens (including phenoxy) is 2. The molecule has 92 valence electrons. The molecule has 0 radical (unpaired) electrons. The van der Waals surface area contributed by atoms with Gasteiger partial charge in [-0.25, -0.2) is 0 Å². The molecular weight excluding hydrogens is 214 g/mol. The maximum absolute atomic E-state index is 5.74. The van der Waals surface area contributed by atoms with Gasteiger partial charge in [-0.3, -0.25) is 0 Å². The van der Waals surface area contributed by atoms with Crippen molar-refractivity contribution in [1.82, 2.24) is 0 Å². The van der Waals surface area contributed by atoms with Gasteiger partial charge in [0.1, 0.15) is 17.6 Å². The first-order chi connectivity index (χ1) is 8.24. The smallest absolute Gasteiger partial charge is 0.127 e. The normalized spacial score (nSPS) is 18.2. The van der Waals surface area contributed by atoms with Crippen molar-refractivity contribution in [2.45, 2.75) is 26.4 Å². The third kappa shape index (κ3) is 2.61. The number of fused-ring (bicyclic) bond motifs is 1. The van der Waals surface area contributed by atoms with Gasteiger partial charge in [-0.2, -0.15) is 0 Å². The van der Waals surface area contributed by atoms with Crippen molar-refractivity contribution in [1.29, 1.82) is 0 Å². The fraction of sp³-hybridized carbons (Fsp3) is 0.429. The molecule has 1 atom stereocenters. The predicted octanol–water partition coefficient (Wildman–Crippen LogP) is 2.38. The van der Waals surface area contributed by atoms with Gasteiger partial charge in [0.05, 0.1) is 6.61 Å². The summed E-state index contributed by atoms with van der Waals surface area (Å²) in [5.74, 6) is 1.88. The van der Waals surface area contributed by atoms with Crippen LogP contribution in [0.1, 0.15) is 25.0 Å². The van der Waals surface area contributed by atoms with Crippen molar-refractivity contribution in [2.24, 2.45) is 5.73 Å². The van der Waals surface area contributed by atoms with Crippen LogP contribution in [0.5, 0.6) is 11.5 Å². The minimum absolute atomic E-state index is 0.258. The Morgan fingerprint density at radius 2 is 2.35 bits per heavy atom. The van der Waals surface area contributed by atoms with E-state index in [0.29, 0.717) is 13.2 Å². The van der Waals surface area contributed by atoms with E-state index in [9.17, 15) is 0 Å². The Bertz CT molecular complexity index is 426. The molecule has 1 aromatic rings. The summed E-state index contributed by atoms with van der Waals surface area (Å²) in [6.45, 7) is 5.26. The third-order valence-electron chi connectivity index (χ3n) is 2.76. The van der Waals surface area contributed by atoms with E-state index < -0.39 is 0 Å². The summed E-state index contributed by atoms with van der Waals surface area (Å²) in [6.07, 6.45) is 5.12. The van der Waals surface area contributed by atoms with Crippen LogP contribution in [0.4, 0.5) is 0 Å². The maximum Gasteiger partial charge on any atom is 0.127 e. The van der Waals surface area contributed by atoms with Gasteiger partial charge in [-0.1, -0.05) is 12.2 Å². The van der Waals surface area contributed by atoms with Crippen molar-refractivity contribution in [2.75, 3.05) is 13.2 Å². The van der Waals surface area contributed by atoms with Gasteiger partial charge in [0, 0.05) is 24.1 Å². The second kappa shape index (κ2) is 5.23. The van der Waals surface area contributed by atoms with E-state index in [0.717, 1.165) is 23.5 Å². The first kappa shape index (κ1) is 12.0. The van der Waals surface area contributed by atoms with E-state index in [2.05, 4.69) is 13.0 Å². The SMILES string of the molecule is CCOc1cc2c(cc1C=CCN)OC(C)C2. The molecule has 1 unspecified atom stereocenters. The molecule has 0 aliphatic carbocycles. The Kier molecular flexibility index (Phi) is 3.69. The highest BCUT2D eigenvalue weighted by molar-refractivity contribution is 5.62. The summed E-state index contributed by atoms with van der Waals surface area (Å²) < 4.78 is 11.4. The molecule has 1 aromatic carbocycles. The minimum Gasteiger partial charge on any atom is -0.493 e. The number of rotatable bonds is 4. The lowest BCUT2D eigenvalue weighted by atomic mass is 10.1. The van der Waals surface area contributed by atoms with E-state index in [1.54, 1.807) is 0 Å². The number of benzene rings is 1. The lowest BCUT2D eigenvalue weighted by Crippen LogP contribution is -2.05. The van der Waals surface area contributed by atoms with E-state index in [-0.39, 0.29) is 6.10 Å². The van der Waals surface area contributed by atoms with Gasteiger partial charge in [-0.15, -0.1) is 0 Å². The Balaban J connectivity index is 2.36. The largest absolute Gasteiger partial charge is 0.493 e. The van der Waals surface area contributed by atoms with Crippen LogP contribution in [0.15, 0.2) is 18.2 Å². The van der Waals surface area contributed by atoms with Crippen molar-refractivity contribution in [3.63, 3.8) is 0 Å². The van der Waals surface area contributed by atoms with Crippen LogP contribution >= 0.6 is 0 Å². The zero-order valence-electron chi connectivity index (χ0n) is 10.4. The molecule has 3 heteroatoms. The summed E-state index contributed by atoms with van der Waals surface area (Å²) in [4.78, 5) is 0. The molecule has 0 amide bonds. The molecule has 0 aromatic heterocycles. The number of hydrogen-bond acceptors (Lipinski definition) is 3. The van der Waals surface area contributed by atoms with Crippen LogP contribution in [0.3, 0.4) is 0 Å². The second-order valence-corrected chi connectivity index (χ2v) is 4.20. The highest BCUT2D eigenvalue weighted by Crippen LogP contribution is 2.35. The monoisotopic (exact) mass is 233 g/mol. The van der Waals surface area contributed by atoms with Crippen LogP contribution in [-0.2, 0) is 6.42 Å². The molecular formula is C14H19NO2. The van der Waals surface area contributed by atoms with E-state index in [1.165, 1.54) is 5.56 Å². The molecule has 0 saturated heterocycles. The van der Waals surface area contributed by atoms with Crippen molar-refractivity contribution >= 4 is 6.08 Å². The summed E-state index contributed by atoms with van der Waals surface area (Å²) in [5.41, 5.74) is 7.74. The molecule has 0 bridgehead atoms. The Hall–Kier alpha value is -1.48. The van der Waals surface area contributed by atoms with E-state index in [1.807, 2.05) is 25.1 Å². The van der Waals surface area contributed by atoms with Crippen molar-refractivity contribution in [3.05, 3.63) is 29.3 Å². The first-order valence-electron chi connectivity index (χ1n) is 6.07. The third-order valence-corrected chi connectivity index (χ3v) is 2.76. The average Bonchev–Trinajstić information content (AvgIpc) is 2.65. The summed E-state index contributed by atoms with van der Waals surface area (Å²) in [6, 6.07) is 4.12. The fourth-order valence-electron chi connectivity index (χ4n) is 2.06. The fourth-order valence-corrected chi connectivity index (χ4v) is 2.06. The lowest BCUT2D eigenvalue weighted by Gasteiger charge is -2.09. The molecule has 17 heavy (non-hydrogen) atoms. The summed E-state index contributed by atoms with van der Waals surface area (Å²) in [5, 5.41) is 0. The molecule has 3 nitrogen and oxygen atoms in total. The van der Waals surface area contributed by atoms with Crippen molar-refractivity contribution in [3.8, 4) is 11.5 Å². The zero-order chi connectivity index (χ0) is 12.3. The van der Waals surface area contributed by atoms with Crippen molar-refractivity contribution < 1.29 is 9.47 Å². The maximum atomic E-state index is 5.74. The lowest BCUT2D eigenvalue weighted by molar-refractivity contribution is 0.254. The van der Waals surface area contributed by atoms with Gasteiger partial charge in [-0.05, 0) is 26.0 Å². The summed E-state index contributed by atoms with van der Waals surface area (Å²) in [7, 11) is 0. The van der Waals surface area contributed by atoms with Crippen LogP contribution in [0, 0.1) is 0 Å². The molecule has 1 aliphatic heterocycles. The second-order valence-electron chi connectivity index (χ2n) is 4.20. The molecule has 2 N–H and O–H groups in total. The van der Waals surface area contributed by atoms with E-state index >= 15 is 0 Å². The molecule has 2 rings (SSSR count). The standard InChI is InChI=1S/C14H19NO2/c1-3-16-13-9-12-7-10(2)17-14(12)8-11(13)5-4-6-15/h4-5,8-10H,3,6-7,15H2,1-2H3. The molecule has 1 aliphatic rings. The van der Waals surface area contributed by atoms with Gasteiger partial charge >= 0.3 is 0 Å².